The van der Waals surface area contributed by atoms with Gasteiger partial charge in [0.15, 0.2) is 0 Å². The zero-order valence-electron chi connectivity index (χ0n) is 10.6. The molecule has 0 radical (unpaired) electrons. The molecule has 0 bridgehead atoms. The number of halogens is 1. The van der Waals surface area contributed by atoms with Crippen LogP contribution in [-0.2, 0) is 0 Å². The fraction of sp³-hybridized carbons (Fsp3) is 0.200. The van der Waals surface area contributed by atoms with Crippen molar-refractivity contribution in [2.75, 3.05) is 7.11 Å². The second-order valence-corrected chi connectivity index (χ2v) is 4.76. The van der Waals surface area contributed by atoms with Gasteiger partial charge in [0.05, 0.1) is 7.11 Å². The van der Waals surface area contributed by atoms with Gasteiger partial charge in [-0.3, -0.25) is 0 Å². The van der Waals surface area contributed by atoms with Crippen molar-refractivity contribution in [3.63, 3.8) is 0 Å². The lowest BCUT2D eigenvalue weighted by atomic mass is 9.97. The fourth-order valence-corrected chi connectivity index (χ4v) is 2.34. The summed E-state index contributed by atoms with van der Waals surface area (Å²) in [6.07, 6.45) is 0. The Hall–Kier alpha value is -1.67. The minimum Gasteiger partial charge on any atom is -0.507 e. The van der Waals surface area contributed by atoms with Crippen LogP contribution in [-0.4, -0.2) is 12.2 Å². The van der Waals surface area contributed by atoms with E-state index in [-0.39, 0.29) is 5.75 Å². The van der Waals surface area contributed by atoms with Crippen LogP contribution in [0.4, 0.5) is 0 Å². The number of hydrogen-bond acceptors (Lipinski definition) is 2. The van der Waals surface area contributed by atoms with Crippen LogP contribution in [0.2, 0.25) is 5.02 Å². The largest absolute Gasteiger partial charge is 0.507 e. The van der Waals surface area contributed by atoms with Crippen LogP contribution in [0.15, 0.2) is 30.3 Å². The fourth-order valence-electron chi connectivity index (χ4n) is 2.17. The molecule has 0 saturated heterocycles. The maximum Gasteiger partial charge on any atom is 0.126 e. The molecule has 0 saturated carbocycles. The van der Waals surface area contributed by atoms with E-state index in [4.69, 9.17) is 16.3 Å². The van der Waals surface area contributed by atoms with Crippen LogP contribution in [0.3, 0.4) is 0 Å². The van der Waals surface area contributed by atoms with E-state index >= 15 is 0 Å². The third kappa shape index (κ3) is 2.29. The molecule has 3 heteroatoms. The van der Waals surface area contributed by atoms with Gasteiger partial charge in [-0.05, 0) is 49.2 Å². The number of ether oxygens (including phenoxy) is 1. The highest BCUT2D eigenvalue weighted by atomic mass is 35.5. The molecule has 2 aromatic carbocycles. The summed E-state index contributed by atoms with van der Waals surface area (Å²) in [6.45, 7) is 3.91. The van der Waals surface area contributed by atoms with Gasteiger partial charge in [0.2, 0.25) is 0 Å². The molecule has 1 N–H and O–H groups in total. The molecule has 0 aliphatic rings. The topological polar surface area (TPSA) is 29.5 Å². The van der Waals surface area contributed by atoms with Gasteiger partial charge in [-0.25, -0.2) is 0 Å². The van der Waals surface area contributed by atoms with Gasteiger partial charge in [0.1, 0.15) is 11.5 Å². The molecule has 0 amide bonds. The molecule has 2 nitrogen and oxygen atoms in total. The van der Waals surface area contributed by atoms with Crippen molar-refractivity contribution >= 4 is 11.6 Å². The predicted octanol–water partition coefficient (Wildman–Crippen LogP) is 4.34. The molecular formula is C15H15ClO2. The van der Waals surface area contributed by atoms with Crippen LogP contribution in [0, 0.1) is 13.8 Å². The van der Waals surface area contributed by atoms with Gasteiger partial charge in [-0.1, -0.05) is 17.7 Å². The maximum atomic E-state index is 10.1. The van der Waals surface area contributed by atoms with Crippen molar-refractivity contribution in [1.29, 1.82) is 0 Å². The third-order valence-corrected chi connectivity index (χ3v) is 3.13. The number of aryl methyl sites for hydroxylation is 2. The third-order valence-electron chi connectivity index (χ3n) is 2.89. The van der Waals surface area contributed by atoms with E-state index in [1.54, 1.807) is 31.4 Å². The molecule has 18 heavy (non-hydrogen) atoms. The van der Waals surface area contributed by atoms with Gasteiger partial charge >= 0.3 is 0 Å². The van der Waals surface area contributed by atoms with E-state index in [1.807, 2.05) is 19.9 Å². The summed E-state index contributed by atoms with van der Waals surface area (Å²) in [5.74, 6) is 0.940. The number of phenolic OH excluding ortho intramolecular Hbond substituents is 1. The highest BCUT2D eigenvalue weighted by Crippen LogP contribution is 2.40. The quantitative estimate of drug-likeness (QED) is 0.872. The molecule has 0 atom stereocenters. The lowest BCUT2D eigenvalue weighted by Crippen LogP contribution is -1.91. The van der Waals surface area contributed by atoms with E-state index < -0.39 is 0 Å². The van der Waals surface area contributed by atoms with Crippen molar-refractivity contribution < 1.29 is 9.84 Å². The Morgan fingerprint density at radius 2 is 1.83 bits per heavy atom. The van der Waals surface area contributed by atoms with Gasteiger partial charge in [0, 0.05) is 16.1 Å². The lowest BCUT2D eigenvalue weighted by Gasteiger charge is -2.14. The second-order valence-electron chi connectivity index (χ2n) is 4.32. The number of benzene rings is 2. The van der Waals surface area contributed by atoms with Crippen molar-refractivity contribution in [3.8, 4) is 22.6 Å². The number of hydrogen-bond donors (Lipinski definition) is 1. The van der Waals surface area contributed by atoms with Crippen LogP contribution >= 0.6 is 11.6 Å². The average molecular weight is 263 g/mol. The van der Waals surface area contributed by atoms with Gasteiger partial charge in [-0.15, -0.1) is 0 Å². The van der Waals surface area contributed by atoms with Crippen molar-refractivity contribution in [2.45, 2.75) is 13.8 Å². The van der Waals surface area contributed by atoms with Gasteiger partial charge in [-0.2, -0.15) is 0 Å². The smallest absolute Gasteiger partial charge is 0.126 e. The molecular weight excluding hydrogens is 248 g/mol. The zero-order chi connectivity index (χ0) is 13.3. The Morgan fingerprint density at radius 1 is 1.11 bits per heavy atom. The molecule has 0 aliphatic heterocycles. The first-order valence-corrected chi connectivity index (χ1v) is 6.05. The molecule has 0 spiro atoms. The predicted molar refractivity (Wildman–Crippen MR) is 74.6 cm³/mol. The first kappa shape index (κ1) is 12.8. The molecule has 0 unspecified atom stereocenters. The zero-order valence-corrected chi connectivity index (χ0v) is 11.4. The highest BCUT2D eigenvalue weighted by molar-refractivity contribution is 6.31. The van der Waals surface area contributed by atoms with Crippen LogP contribution < -0.4 is 4.74 Å². The molecule has 2 aromatic rings. The summed E-state index contributed by atoms with van der Waals surface area (Å²) in [5, 5.41) is 10.8. The first-order chi connectivity index (χ1) is 8.52. The van der Waals surface area contributed by atoms with Crippen LogP contribution in [0.25, 0.3) is 11.1 Å². The van der Waals surface area contributed by atoms with Crippen molar-refractivity contribution in [1.82, 2.24) is 0 Å². The van der Waals surface area contributed by atoms with E-state index in [9.17, 15) is 5.11 Å². The van der Waals surface area contributed by atoms with Crippen molar-refractivity contribution in [3.05, 3.63) is 46.5 Å². The average Bonchev–Trinajstić information content (AvgIpc) is 2.28. The number of methoxy groups -OCH3 is 1. The van der Waals surface area contributed by atoms with Gasteiger partial charge in [0.25, 0.3) is 0 Å². The van der Waals surface area contributed by atoms with E-state index in [2.05, 4.69) is 0 Å². The SMILES string of the molecule is COc1ccc(Cl)cc1-c1c(C)cc(C)cc1O. The van der Waals surface area contributed by atoms with Gasteiger partial charge < -0.3 is 9.84 Å². The van der Waals surface area contributed by atoms with Crippen molar-refractivity contribution in [2.24, 2.45) is 0 Å². The number of rotatable bonds is 2. The summed E-state index contributed by atoms with van der Waals surface area (Å²) >= 11 is 6.02. The summed E-state index contributed by atoms with van der Waals surface area (Å²) in [5.41, 5.74) is 3.59. The Kier molecular flexibility index (Phi) is 3.48. The van der Waals surface area contributed by atoms with E-state index in [0.29, 0.717) is 10.8 Å². The number of aromatic hydroxyl groups is 1. The molecule has 0 aromatic heterocycles. The molecule has 0 heterocycles. The second kappa shape index (κ2) is 4.91. The van der Waals surface area contributed by atoms with Crippen LogP contribution in [0.1, 0.15) is 11.1 Å². The minimum absolute atomic E-state index is 0.244. The molecule has 0 aliphatic carbocycles. The van der Waals surface area contributed by atoms with Crippen LogP contribution in [0.5, 0.6) is 11.5 Å². The Bertz CT molecular complexity index is 568. The summed E-state index contributed by atoms with van der Waals surface area (Å²) in [6, 6.07) is 9.14. The highest BCUT2D eigenvalue weighted by Gasteiger charge is 2.14. The maximum absolute atomic E-state index is 10.1. The summed E-state index contributed by atoms with van der Waals surface area (Å²) < 4.78 is 5.33. The Morgan fingerprint density at radius 3 is 2.44 bits per heavy atom. The molecule has 0 fully saturated rings. The Balaban J connectivity index is 2.72. The molecule has 94 valence electrons. The summed E-state index contributed by atoms with van der Waals surface area (Å²) in [7, 11) is 1.60. The number of phenols is 1. The lowest BCUT2D eigenvalue weighted by molar-refractivity contribution is 0.415. The minimum atomic E-state index is 0.244. The summed E-state index contributed by atoms with van der Waals surface area (Å²) in [4.78, 5) is 0. The van der Waals surface area contributed by atoms with E-state index in [1.165, 1.54) is 0 Å². The standard InChI is InChI=1S/C15H15ClO2/c1-9-6-10(2)15(13(17)7-9)12-8-11(16)4-5-14(12)18-3/h4-8,17H,1-3H3. The molecule has 2 rings (SSSR count). The Labute approximate surface area is 112 Å². The monoisotopic (exact) mass is 262 g/mol. The van der Waals surface area contributed by atoms with E-state index in [0.717, 1.165) is 22.3 Å². The normalized spacial score (nSPS) is 10.4. The first-order valence-electron chi connectivity index (χ1n) is 5.67.